The lowest BCUT2D eigenvalue weighted by Gasteiger charge is -2.33. The molecule has 1 atom stereocenters. The minimum atomic E-state index is -0.268. The molecule has 1 aliphatic rings. The second-order valence-electron chi connectivity index (χ2n) is 8.31. The summed E-state index contributed by atoms with van der Waals surface area (Å²) in [6.07, 6.45) is 4.89. The number of aromatic nitrogens is 4. The second kappa shape index (κ2) is 8.96. The van der Waals surface area contributed by atoms with E-state index in [4.69, 9.17) is 4.98 Å². The topological polar surface area (TPSA) is 74.8 Å². The van der Waals surface area contributed by atoms with Crippen LogP contribution in [-0.4, -0.2) is 44.1 Å². The van der Waals surface area contributed by atoms with Crippen LogP contribution >= 0.6 is 0 Å². The van der Waals surface area contributed by atoms with Crippen LogP contribution in [0.15, 0.2) is 30.5 Å². The van der Waals surface area contributed by atoms with E-state index in [0.717, 1.165) is 53.2 Å². The lowest BCUT2D eigenvalue weighted by molar-refractivity contribution is -0.132. The lowest BCUT2D eigenvalue weighted by atomic mass is 9.89. The molecular formula is C24H28FN5O. The summed E-state index contributed by atoms with van der Waals surface area (Å²) in [5, 5.41) is 7.21. The Balaban J connectivity index is 1.51. The van der Waals surface area contributed by atoms with Crippen molar-refractivity contribution in [2.24, 2.45) is 0 Å². The highest BCUT2D eigenvalue weighted by molar-refractivity contribution is 5.77. The first-order valence-electron chi connectivity index (χ1n) is 10.8. The van der Waals surface area contributed by atoms with Crippen molar-refractivity contribution in [3.05, 3.63) is 64.7 Å². The van der Waals surface area contributed by atoms with Gasteiger partial charge in [0.1, 0.15) is 11.6 Å². The van der Waals surface area contributed by atoms with Crippen LogP contribution in [-0.2, 0) is 11.2 Å². The summed E-state index contributed by atoms with van der Waals surface area (Å²) in [5.74, 6) is 0.738. The number of nitrogens with zero attached hydrogens (tertiary/aromatic N) is 4. The van der Waals surface area contributed by atoms with E-state index in [1.165, 1.54) is 12.1 Å². The van der Waals surface area contributed by atoms with Gasteiger partial charge in [-0.3, -0.25) is 9.89 Å². The van der Waals surface area contributed by atoms with E-state index < -0.39 is 0 Å². The fourth-order valence-electron chi connectivity index (χ4n) is 4.41. The molecule has 4 rings (SSSR count). The number of amides is 1. The van der Waals surface area contributed by atoms with Crippen molar-refractivity contribution >= 4 is 5.91 Å². The van der Waals surface area contributed by atoms with Gasteiger partial charge in [-0.1, -0.05) is 12.1 Å². The number of halogens is 1. The molecule has 0 spiro atoms. The Hall–Kier alpha value is -3.09. The van der Waals surface area contributed by atoms with Crippen molar-refractivity contribution in [2.75, 3.05) is 13.1 Å². The van der Waals surface area contributed by atoms with Gasteiger partial charge in [0.2, 0.25) is 5.91 Å². The number of aromatic amines is 1. The number of piperidine rings is 1. The molecule has 1 fully saturated rings. The Morgan fingerprint density at radius 2 is 2.00 bits per heavy atom. The minimum absolute atomic E-state index is 0.136. The van der Waals surface area contributed by atoms with Crippen molar-refractivity contribution < 1.29 is 9.18 Å². The molecular weight excluding hydrogens is 393 g/mol. The van der Waals surface area contributed by atoms with Gasteiger partial charge >= 0.3 is 0 Å². The van der Waals surface area contributed by atoms with Crippen molar-refractivity contribution in [3.8, 4) is 11.1 Å². The molecule has 1 aliphatic heterocycles. The van der Waals surface area contributed by atoms with Gasteiger partial charge in [0, 0.05) is 42.9 Å². The van der Waals surface area contributed by atoms with Gasteiger partial charge in [-0.05, 0) is 63.3 Å². The fraction of sp³-hybridized carbons (Fsp3) is 0.417. The van der Waals surface area contributed by atoms with Crippen LogP contribution in [0.1, 0.15) is 53.7 Å². The van der Waals surface area contributed by atoms with Crippen molar-refractivity contribution in [1.29, 1.82) is 0 Å². The number of carbonyl (C=O) groups excluding carboxylic acids is 1. The number of rotatable bonds is 5. The van der Waals surface area contributed by atoms with Gasteiger partial charge in [-0.15, -0.1) is 0 Å². The van der Waals surface area contributed by atoms with Gasteiger partial charge in [-0.25, -0.2) is 14.4 Å². The number of aryl methyl sites for hydroxylation is 3. The summed E-state index contributed by atoms with van der Waals surface area (Å²) >= 11 is 0. The van der Waals surface area contributed by atoms with Crippen LogP contribution in [0.25, 0.3) is 11.1 Å². The van der Waals surface area contributed by atoms with Gasteiger partial charge in [0.05, 0.1) is 11.4 Å². The molecule has 0 saturated carbocycles. The molecule has 162 valence electrons. The maximum atomic E-state index is 13.4. The molecule has 0 radical (unpaired) electrons. The number of likely N-dealkylation sites (tertiary alicyclic amines) is 1. The van der Waals surface area contributed by atoms with Crippen LogP contribution in [0.4, 0.5) is 4.39 Å². The molecule has 1 saturated heterocycles. The quantitative estimate of drug-likeness (QED) is 0.668. The first kappa shape index (κ1) is 21.2. The Bertz CT molecular complexity index is 1060. The molecule has 7 heteroatoms. The highest BCUT2D eigenvalue weighted by Gasteiger charge is 2.28. The molecule has 3 aromatic rings. The number of hydrogen-bond acceptors (Lipinski definition) is 4. The summed E-state index contributed by atoms with van der Waals surface area (Å²) in [4.78, 5) is 24.0. The number of H-pyrrole nitrogens is 1. The summed E-state index contributed by atoms with van der Waals surface area (Å²) < 4.78 is 13.4. The highest BCUT2D eigenvalue weighted by Crippen LogP contribution is 2.33. The van der Waals surface area contributed by atoms with Crippen LogP contribution in [0.3, 0.4) is 0 Å². The minimum Gasteiger partial charge on any atom is -0.342 e. The average Bonchev–Trinajstić information content (AvgIpc) is 3.10. The third-order valence-electron chi connectivity index (χ3n) is 6.12. The molecule has 2 aromatic heterocycles. The molecule has 1 amide bonds. The summed E-state index contributed by atoms with van der Waals surface area (Å²) in [7, 11) is 0. The predicted molar refractivity (Wildman–Crippen MR) is 117 cm³/mol. The summed E-state index contributed by atoms with van der Waals surface area (Å²) in [5.41, 5.74) is 5.87. The molecule has 1 N–H and O–H groups in total. The monoisotopic (exact) mass is 421 g/mol. The zero-order valence-corrected chi connectivity index (χ0v) is 18.3. The fourth-order valence-corrected chi connectivity index (χ4v) is 4.41. The second-order valence-corrected chi connectivity index (χ2v) is 8.31. The predicted octanol–water partition coefficient (Wildman–Crippen LogP) is 4.27. The Morgan fingerprint density at radius 3 is 2.71 bits per heavy atom. The van der Waals surface area contributed by atoms with Gasteiger partial charge in [-0.2, -0.15) is 5.10 Å². The van der Waals surface area contributed by atoms with E-state index >= 15 is 0 Å². The van der Waals surface area contributed by atoms with Gasteiger partial charge in [0.25, 0.3) is 0 Å². The van der Waals surface area contributed by atoms with Gasteiger partial charge in [0.15, 0.2) is 0 Å². The first-order chi connectivity index (χ1) is 14.9. The molecule has 31 heavy (non-hydrogen) atoms. The van der Waals surface area contributed by atoms with E-state index in [1.54, 1.807) is 12.1 Å². The standard InChI is InChI=1S/C24H28FN5O/c1-15-21(16(2)29-28-15)10-11-23(31)30-12-4-5-19(14-30)24-22(13-26-17(3)27-24)18-6-8-20(25)9-7-18/h6-9,13,19H,4-5,10-12,14H2,1-3H3,(H,28,29)/t19-/m1/s1. The van der Waals surface area contributed by atoms with Crippen LogP contribution in [0.5, 0.6) is 0 Å². The number of carbonyl (C=O) groups is 1. The lowest BCUT2D eigenvalue weighted by Crippen LogP contribution is -2.39. The summed E-state index contributed by atoms with van der Waals surface area (Å²) in [6.45, 7) is 7.25. The van der Waals surface area contributed by atoms with E-state index in [2.05, 4.69) is 15.2 Å². The Kier molecular flexibility index (Phi) is 6.11. The highest BCUT2D eigenvalue weighted by atomic mass is 19.1. The number of benzene rings is 1. The van der Waals surface area contributed by atoms with Crippen LogP contribution < -0.4 is 0 Å². The van der Waals surface area contributed by atoms with E-state index in [0.29, 0.717) is 25.2 Å². The van der Waals surface area contributed by atoms with Crippen molar-refractivity contribution in [2.45, 2.75) is 52.4 Å². The Morgan fingerprint density at radius 1 is 1.23 bits per heavy atom. The van der Waals surface area contributed by atoms with Crippen LogP contribution in [0.2, 0.25) is 0 Å². The normalized spacial score (nSPS) is 16.5. The zero-order chi connectivity index (χ0) is 22.0. The third kappa shape index (κ3) is 4.65. The molecule has 0 bridgehead atoms. The van der Waals surface area contributed by atoms with E-state index in [-0.39, 0.29) is 17.6 Å². The smallest absolute Gasteiger partial charge is 0.222 e. The zero-order valence-electron chi connectivity index (χ0n) is 18.3. The number of hydrogen-bond donors (Lipinski definition) is 1. The molecule has 0 aliphatic carbocycles. The van der Waals surface area contributed by atoms with Gasteiger partial charge < -0.3 is 4.90 Å². The molecule has 0 unspecified atom stereocenters. The Labute approximate surface area is 181 Å². The maximum Gasteiger partial charge on any atom is 0.222 e. The molecule has 1 aromatic carbocycles. The van der Waals surface area contributed by atoms with Crippen molar-refractivity contribution in [1.82, 2.24) is 25.1 Å². The SMILES string of the molecule is Cc1ncc(-c2ccc(F)cc2)c([C@@H]2CCCN(C(=O)CCc3c(C)n[nH]c3C)C2)n1. The third-order valence-corrected chi connectivity index (χ3v) is 6.12. The van der Waals surface area contributed by atoms with Crippen molar-refractivity contribution in [3.63, 3.8) is 0 Å². The van der Waals surface area contributed by atoms with E-state index in [9.17, 15) is 9.18 Å². The maximum absolute atomic E-state index is 13.4. The summed E-state index contributed by atoms with van der Waals surface area (Å²) in [6, 6.07) is 6.42. The molecule has 6 nitrogen and oxygen atoms in total. The average molecular weight is 422 g/mol. The molecule has 3 heterocycles. The largest absolute Gasteiger partial charge is 0.342 e. The first-order valence-corrected chi connectivity index (χ1v) is 10.8. The van der Waals surface area contributed by atoms with Crippen LogP contribution in [0, 0.1) is 26.6 Å². The van der Waals surface area contributed by atoms with E-state index in [1.807, 2.05) is 31.9 Å². The number of nitrogens with one attached hydrogen (secondary N) is 1.